The minimum atomic E-state index is -4.37. The first-order valence-electron chi connectivity index (χ1n) is 8.59. The highest BCUT2D eigenvalue weighted by atomic mass is 32.2. The van der Waals surface area contributed by atoms with Crippen LogP contribution in [-0.4, -0.2) is 14.5 Å². The number of benzene rings is 2. The van der Waals surface area contributed by atoms with Gasteiger partial charge in [-0.05, 0) is 36.4 Å². The van der Waals surface area contributed by atoms with Crippen LogP contribution in [-0.2, 0) is 13.2 Å². The third kappa shape index (κ3) is 3.88. The van der Waals surface area contributed by atoms with E-state index in [9.17, 15) is 18.0 Å². The van der Waals surface area contributed by atoms with Crippen molar-refractivity contribution in [2.45, 2.75) is 16.1 Å². The van der Waals surface area contributed by atoms with Crippen molar-refractivity contribution >= 4 is 22.7 Å². The number of halogens is 3. The SMILES string of the molecule is Cn1ccc(=O)c2ccc(-c3nccnc3Sc3ccc(C(F)(F)F)cc3)cc21. The first kappa shape index (κ1) is 19.2. The van der Waals surface area contributed by atoms with Crippen LogP contribution in [0.2, 0.25) is 0 Å². The fraction of sp³-hybridized carbons (Fsp3) is 0.0952. The molecule has 0 fully saturated rings. The molecule has 0 bridgehead atoms. The lowest BCUT2D eigenvalue weighted by molar-refractivity contribution is -0.137. The molecule has 0 N–H and O–H groups in total. The molecule has 8 heteroatoms. The largest absolute Gasteiger partial charge is 0.416 e. The molecule has 0 amide bonds. The van der Waals surface area contributed by atoms with E-state index < -0.39 is 11.7 Å². The van der Waals surface area contributed by atoms with Gasteiger partial charge in [0.15, 0.2) is 5.43 Å². The number of fused-ring (bicyclic) bond motifs is 1. The summed E-state index contributed by atoms with van der Waals surface area (Å²) in [5.74, 6) is 0. The van der Waals surface area contributed by atoms with E-state index in [-0.39, 0.29) is 5.43 Å². The van der Waals surface area contributed by atoms with Crippen LogP contribution in [0.3, 0.4) is 0 Å². The molecule has 4 rings (SSSR count). The monoisotopic (exact) mass is 413 g/mol. The molecule has 0 saturated heterocycles. The van der Waals surface area contributed by atoms with Gasteiger partial charge in [0.25, 0.3) is 0 Å². The van der Waals surface area contributed by atoms with E-state index in [2.05, 4.69) is 9.97 Å². The maximum atomic E-state index is 12.8. The molecule has 2 heterocycles. The Bertz CT molecular complexity index is 1250. The zero-order valence-electron chi connectivity index (χ0n) is 15.1. The lowest BCUT2D eigenvalue weighted by Gasteiger charge is -2.11. The molecule has 0 aliphatic rings. The predicted octanol–water partition coefficient (Wildman–Crippen LogP) is 5.17. The van der Waals surface area contributed by atoms with Gasteiger partial charge in [0.05, 0.1) is 11.1 Å². The van der Waals surface area contributed by atoms with Crippen LogP contribution in [0.5, 0.6) is 0 Å². The van der Waals surface area contributed by atoms with E-state index in [4.69, 9.17) is 0 Å². The Balaban J connectivity index is 1.73. The van der Waals surface area contributed by atoms with E-state index in [0.29, 0.717) is 21.0 Å². The van der Waals surface area contributed by atoms with Gasteiger partial charge < -0.3 is 4.57 Å². The van der Waals surface area contributed by atoms with Crippen molar-refractivity contribution in [2.75, 3.05) is 0 Å². The molecular weight excluding hydrogens is 399 g/mol. The van der Waals surface area contributed by atoms with Crippen LogP contribution < -0.4 is 5.43 Å². The molecule has 4 aromatic rings. The molecular formula is C21H14F3N3OS. The van der Waals surface area contributed by atoms with Crippen molar-refractivity contribution in [3.05, 3.63) is 82.9 Å². The van der Waals surface area contributed by atoms with Gasteiger partial charge in [0.1, 0.15) is 10.7 Å². The van der Waals surface area contributed by atoms with Crippen LogP contribution in [0, 0.1) is 0 Å². The summed E-state index contributed by atoms with van der Waals surface area (Å²) in [5.41, 5.74) is 1.35. The summed E-state index contributed by atoms with van der Waals surface area (Å²) in [7, 11) is 1.85. The average molecular weight is 413 g/mol. The first-order chi connectivity index (χ1) is 13.8. The Morgan fingerprint density at radius 3 is 2.41 bits per heavy atom. The first-order valence-corrected chi connectivity index (χ1v) is 9.40. The molecule has 4 nitrogen and oxygen atoms in total. The number of nitrogens with zero attached hydrogens (tertiary/aromatic N) is 3. The molecule has 0 saturated carbocycles. The summed E-state index contributed by atoms with van der Waals surface area (Å²) >= 11 is 1.23. The van der Waals surface area contributed by atoms with Crippen molar-refractivity contribution < 1.29 is 13.2 Å². The Kier molecular flexibility index (Phi) is 4.87. The number of pyridine rings is 1. The standard InChI is InChI=1S/C21H14F3N3OS/c1-27-11-8-18(28)16-7-2-13(12-17(16)27)19-20(26-10-9-25-19)29-15-5-3-14(4-6-15)21(22,23)24/h2-12H,1H3. The minimum Gasteiger partial charge on any atom is -0.350 e. The smallest absolute Gasteiger partial charge is 0.350 e. The van der Waals surface area contributed by atoms with Crippen molar-refractivity contribution in [3.8, 4) is 11.3 Å². The van der Waals surface area contributed by atoms with Gasteiger partial charge in [-0.2, -0.15) is 13.2 Å². The van der Waals surface area contributed by atoms with Gasteiger partial charge in [-0.15, -0.1) is 0 Å². The van der Waals surface area contributed by atoms with Crippen LogP contribution in [0.15, 0.2) is 81.8 Å². The molecule has 0 aliphatic heterocycles. The zero-order chi connectivity index (χ0) is 20.6. The topological polar surface area (TPSA) is 47.8 Å². The maximum Gasteiger partial charge on any atom is 0.416 e. The molecule has 0 radical (unpaired) electrons. The second-order valence-electron chi connectivity index (χ2n) is 6.36. The summed E-state index contributed by atoms with van der Waals surface area (Å²) < 4.78 is 40.1. The van der Waals surface area contributed by atoms with E-state index in [1.165, 1.54) is 36.2 Å². The van der Waals surface area contributed by atoms with Crippen molar-refractivity contribution in [1.29, 1.82) is 0 Å². The quantitative estimate of drug-likeness (QED) is 0.465. The second-order valence-corrected chi connectivity index (χ2v) is 7.42. The summed E-state index contributed by atoms with van der Waals surface area (Å²) in [4.78, 5) is 21.4. The van der Waals surface area contributed by atoms with E-state index >= 15 is 0 Å². The Hall–Kier alpha value is -3.13. The number of hydrogen-bond acceptors (Lipinski definition) is 4. The van der Waals surface area contributed by atoms with Crippen LogP contribution in [0.1, 0.15) is 5.56 Å². The average Bonchev–Trinajstić information content (AvgIpc) is 2.71. The zero-order valence-corrected chi connectivity index (χ0v) is 16.0. The van der Waals surface area contributed by atoms with Crippen LogP contribution >= 0.6 is 11.8 Å². The Morgan fingerprint density at radius 2 is 1.69 bits per heavy atom. The maximum absolute atomic E-state index is 12.8. The highest BCUT2D eigenvalue weighted by molar-refractivity contribution is 7.99. The molecule has 29 heavy (non-hydrogen) atoms. The lowest BCUT2D eigenvalue weighted by atomic mass is 10.1. The highest BCUT2D eigenvalue weighted by Gasteiger charge is 2.30. The molecule has 2 aromatic carbocycles. The second kappa shape index (κ2) is 7.36. The lowest BCUT2D eigenvalue weighted by Crippen LogP contribution is -2.05. The molecule has 0 spiro atoms. The van der Waals surface area contributed by atoms with Crippen LogP contribution in [0.25, 0.3) is 22.2 Å². The predicted molar refractivity (Wildman–Crippen MR) is 106 cm³/mol. The molecule has 0 unspecified atom stereocenters. The van der Waals surface area contributed by atoms with Gasteiger partial charge >= 0.3 is 6.18 Å². The molecule has 0 atom stereocenters. The number of hydrogen-bond donors (Lipinski definition) is 0. The van der Waals surface area contributed by atoms with Gasteiger partial charge in [-0.3, -0.25) is 9.78 Å². The van der Waals surface area contributed by atoms with Crippen molar-refractivity contribution in [2.24, 2.45) is 7.05 Å². The third-order valence-corrected chi connectivity index (χ3v) is 5.43. The van der Waals surface area contributed by atoms with Gasteiger partial charge in [-0.1, -0.05) is 17.8 Å². The van der Waals surface area contributed by atoms with Gasteiger partial charge in [0, 0.05) is 47.5 Å². The number of aromatic nitrogens is 3. The highest BCUT2D eigenvalue weighted by Crippen LogP contribution is 2.36. The van der Waals surface area contributed by atoms with Gasteiger partial charge in [0.2, 0.25) is 0 Å². The summed E-state index contributed by atoms with van der Waals surface area (Å²) in [5, 5.41) is 1.16. The summed E-state index contributed by atoms with van der Waals surface area (Å²) in [6.07, 6.45) is 0.415. The fourth-order valence-electron chi connectivity index (χ4n) is 2.95. The Morgan fingerprint density at radius 1 is 0.966 bits per heavy atom. The summed E-state index contributed by atoms with van der Waals surface area (Å²) in [6.45, 7) is 0. The van der Waals surface area contributed by atoms with Gasteiger partial charge in [-0.25, -0.2) is 4.98 Å². The molecule has 146 valence electrons. The normalized spacial score (nSPS) is 11.7. The Labute approximate surface area is 168 Å². The van der Waals surface area contributed by atoms with E-state index in [1.54, 1.807) is 24.5 Å². The summed E-state index contributed by atoms with van der Waals surface area (Å²) in [6, 6.07) is 11.8. The minimum absolute atomic E-state index is 0.0665. The number of alkyl halides is 3. The number of rotatable bonds is 3. The van der Waals surface area contributed by atoms with E-state index in [1.807, 2.05) is 17.7 Å². The van der Waals surface area contributed by atoms with Crippen molar-refractivity contribution in [1.82, 2.24) is 14.5 Å². The molecule has 0 aliphatic carbocycles. The third-order valence-electron chi connectivity index (χ3n) is 4.43. The number of aryl methyl sites for hydroxylation is 1. The van der Waals surface area contributed by atoms with Crippen molar-refractivity contribution in [3.63, 3.8) is 0 Å². The molecule has 2 aromatic heterocycles. The fourth-order valence-corrected chi connectivity index (χ4v) is 3.83. The van der Waals surface area contributed by atoms with E-state index in [0.717, 1.165) is 23.2 Å². The van der Waals surface area contributed by atoms with Crippen LogP contribution in [0.4, 0.5) is 13.2 Å².